The summed E-state index contributed by atoms with van der Waals surface area (Å²) in [7, 11) is 0. The molecule has 2 heteroatoms. The standard InChI is InChI=1S/C9H10O2/c1-4-5-8-6(2)9(10)11-7(8)3/h4H,1,3,5H2,2H3. The molecule has 1 aliphatic rings. The van der Waals surface area contributed by atoms with Gasteiger partial charge in [0.1, 0.15) is 5.76 Å². The first kappa shape index (κ1) is 7.79. The van der Waals surface area contributed by atoms with Gasteiger partial charge in [0.15, 0.2) is 0 Å². The average molecular weight is 150 g/mol. The van der Waals surface area contributed by atoms with E-state index in [0.29, 0.717) is 17.8 Å². The maximum Gasteiger partial charge on any atom is 0.339 e. The summed E-state index contributed by atoms with van der Waals surface area (Å²) in [4.78, 5) is 10.9. The van der Waals surface area contributed by atoms with Crippen molar-refractivity contribution >= 4 is 5.97 Å². The zero-order valence-corrected chi connectivity index (χ0v) is 6.52. The zero-order chi connectivity index (χ0) is 8.43. The van der Waals surface area contributed by atoms with Gasteiger partial charge in [-0.2, -0.15) is 0 Å². The zero-order valence-electron chi connectivity index (χ0n) is 6.52. The first-order valence-corrected chi connectivity index (χ1v) is 3.39. The van der Waals surface area contributed by atoms with E-state index >= 15 is 0 Å². The monoisotopic (exact) mass is 150 g/mol. The number of rotatable bonds is 2. The molecule has 0 N–H and O–H groups in total. The number of allylic oxidation sites excluding steroid dienone is 2. The molecule has 0 bridgehead atoms. The molecule has 0 aliphatic carbocycles. The van der Waals surface area contributed by atoms with E-state index in [1.54, 1.807) is 13.0 Å². The fraction of sp³-hybridized carbons (Fsp3) is 0.222. The Kier molecular flexibility index (Phi) is 1.94. The van der Waals surface area contributed by atoms with Crippen LogP contribution in [-0.2, 0) is 9.53 Å². The lowest BCUT2D eigenvalue weighted by atomic mass is 10.1. The highest BCUT2D eigenvalue weighted by atomic mass is 16.5. The van der Waals surface area contributed by atoms with E-state index in [0.717, 1.165) is 5.57 Å². The second-order valence-corrected chi connectivity index (χ2v) is 2.41. The van der Waals surface area contributed by atoms with Crippen molar-refractivity contribution in [1.82, 2.24) is 0 Å². The van der Waals surface area contributed by atoms with Gasteiger partial charge >= 0.3 is 5.97 Å². The number of esters is 1. The minimum absolute atomic E-state index is 0.285. The van der Waals surface area contributed by atoms with Gasteiger partial charge in [-0.15, -0.1) is 6.58 Å². The Morgan fingerprint density at radius 3 is 2.64 bits per heavy atom. The van der Waals surface area contributed by atoms with Crippen LogP contribution in [0.4, 0.5) is 0 Å². The van der Waals surface area contributed by atoms with Crippen molar-refractivity contribution in [3.8, 4) is 0 Å². The predicted octanol–water partition coefficient (Wildman–Crippen LogP) is 1.95. The van der Waals surface area contributed by atoms with Crippen molar-refractivity contribution < 1.29 is 9.53 Å². The van der Waals surface area contributed by atoms with Crippen LogP contribution in [0.25, 0.3) is 0 Å². The highest BCUT2D eigenvalue weighted by Gasteiger charge is 2.23. The van der Waals surface area contributed by atoms with Gasteiger partial charge in [-0.25, -0.2) is 4.79 Å². The molecule has 11 heavy (non-hydrogen) atoms. The number of carbonyl (C=O) groups excluding carboxylic acids is 1. The van der Waals surface area contributed by atoms with Crippen LogP contribution in [0.1, 0.15) is 13.3 Å². The molecule has 0 fully saturated rings. The van der Waals surface area contributed by atoms with Crippen LogP contribution in [0.5, 0.6) is 0 Å². The van der Waals surface area contributed by atoms with E-state index in [1.807, 2.05) is 0 Å². The summed E-state index contributed by atoms with van der Waals surface area (Å²) < 4.78 is 4.78. The van der Waals surface area contributed by atoms with Gasteiger partial charge in [-0.05, 0) is 13.3 Å². The van der Waals surface area contributed by atoms with E-state index in [-0.39, 0.29) is 5.97 Å². The number of ether oxygens (including phenoxy) is 1. The lowest BCUT2D eigenvalue weighted by Gasteiger charge is -1.96. The van der Waals surface area contributed by atoms with Gasteiger partial charge in [0.05, 0.1) is 0 Å². The van der Waals surface area contributed by atoms with Crippen molar-refractivity contribution in [2.24, 2.45) is 0 Å². The Hall–Kier alpha value is -1.31. The van der Waals surface area contributed by atoms with E-state index in [4.69, 9.17) is 4.74 Å². The summed E-state index contributed by atoms with van der Waals surface area (Å²) in [6, 6.07) is 0. The number of hydrogen-bond acceptors (Lipinski definition) is 2. The van der Waals surface area contributed by atoms with E-state index in [1.165, 1.54) is 0 Å². The Morgan fingerprint density at radius 1 is 1.64 bits per heavy atom. The molecule has 2 nitrogen and oxygen atoms in total. The Balaban J connectivity index is 2.96. The molecule has 0 aromatic carbocycles. The molecule has 0 saturated heterocycles. The summed E-state index contributed by atoms with van der Waals surface area (Å²) in [5.41, 5.74) is 1.51. The van der Waals surface area contributed by atoms with Crippen molar-refractivity contribution in [3.63, 3.8) is 0 Å². The molecule has 0 aromatic heterocycles. The van der Waals surface area contributed by atoms with Crippen LogP contribution in [-0.4, -0.2) is 5.97 Å². The van der Waals surface area contributed by atoms with Gasteiger partial charge in [0.25, 0.3) is 0 Å². The van der Waals surface area contributed by atoms with Crippen molar-refractivity contribution in [2.75, 3.05) is 0 Å². The summed E-state index contributed by atoms with van der Waals surface area (Å²) in [6.45, 7) is 8.92. The molecule has 1 rings (SSSR count). The number of hydrogen-bond donors (Lipinski definition) is 0. The SMILES string of the molecule is C=CCC1=C(C)C(=O)OC1=C. The molecule has 0 amide bonds. The molecule has 1 aliphatic heterocycles. The van der Waals surface area contributed by atoms with Gasteiger partial charge in [0.2, 0.25) is 0 Å². The lowest BCUT2D eigenvalue weighted by Crippen LogP contribution is -1.93. The third-order valence-corrected chi connectivity index (χ3v) is 1.66. The predicted molar refractivity (Wildman–Crippen MR) is 42.7 cm³/mol. The quantitative estimate of drug-likeness (QED) is 0.444. The van der Waals surface area contributed by atoms with E-state index in [2.05, 4.69) is 13.2 Å². The van der Waals surface area contributed by atoms with Crippen molar-refractivity contribution in [2.45, 2.75) is 13.3 Å². The summed E-state index contributed by atoms with van der Waals surface area (Å²) in [5, 5.41) is 0. The van der Waals surface area contributed by atoms with E-state index in [9.17, 15) is 4.79 Å². The second kappa shape index (κ2) is 2.74. The van der Waals surface area contributed by atoms with Crippen LogP contribution < -0.4 is 0 Å². The third-order valence-electron chi connectivity index (χ3n) is 1.66. The maximum absolute atomic E-state index is 10.9. The number of cyclic esters (lactones) is 1. The average Bonchev–Trinajstić information content (AvgIpc) is 2.17. The first-order chi connectivity index (χ1) is 5.16. The smallest absolute Gasteiger partial charge is 0.339 e. The molecule has 0 radical (unpaired) electrons. The molecule has 0 aromatic rings. The highest BCUT2D eigenvalue weighted by molar-refractivity contribution is 5.93. The number of carbonyl (C=O) groups is 1. The van der Waals surface area contributed by atoms with Gasteiger partial charge in [-0.1, -0.05) is 12.7 Å². The Morgan fingerprint density at radius 2 is 2.27 bits per heavy atom. The topological polar surface area (TPSA) is 26.3 Å². The molecular weight excluding hydrogens is 140 g/mol. The van der Waals surface area contributed by atoms with Crippen LogP contribution in [0.15, 0.2) is 36.1 Å². The molecule has 0 unspecified atom stereocenters. The largest absolute Gasteiger partial charge is 0.423 e. The molecule has 0 spiro atoms. The third kappa shape index (κ3) is 1.24. The second-order valence-electron chi connectivity index (χ2n) is 2.41. The summed E-state index contributed by atoms with van der Waals surface area (Å²) >= 11 is 0. The summed E-state index contributed by atoms with van der Waals surface area (Å²) in [5.74, 6) is 0.180. The van der Waals surface area contributed by atoms with Crippen LogP contribution in [0, 0.1) is 0 Å². The highest BCUT2D eigenvalue weighted by Crippen LogP contribution is 2.26. The first-order valence-electron chi connectivity index (χ1n) is 3.39. The Labute approximate surface area is 65.9 Å². The van der Waals surface area contributed by atoms with Crippen molar-refractivity contribution in [1.29, 1.82) is 0 Å². The molecule has 58 valence electrons. The van der Waals surface area contributed by atoms with Gasteiger partial charge < -0.3 is 4.74 Å². The van der Waals surface area contributed by atoms with Crippen LogP contribution in [0.2, 0.25) is 0 Å². The minimum Gasteiger partial charge on any atom is -0.423 e. The van der Waals surface area contributed by atoms with E-state index < -0.39 is 0 Å². The molecule has 0 atom stereocenters. The van der Waals surface area contributed by atoms with Crippen LogP contribution in [0.3, 0.4) is 0 Å². The maximum atomic E-state index is 10.9. The molecular formula is C9H10O2. The Bertz CT molecular complexity index is 259. The van der Waals surface area contributed by atoms with Gasteiger partial charge in [-0.3, -0.25) is 0 Å². The van der Waals surface area contributed by atoms with Crippen molar-refractivity contribution in [3.05, 3.63) is 36.1 Å². The normalized spacial score (nSPS) is 17.2. The summed E-state index contributed by atoms with van der Waals surface area (Å²) in [6.07, 6.45) is 2.38. The molecule has 1 heterocycles. The van der Waals surface area contributed by atoms with Crippen LogP contribution >= 0.6 is 0 Å². The minimum atomic E-state index is -0.285. The molecule has 0 saturated carbocycles. The fourth-order valence-electron chi connectivity index (χ4n) is 0.994. The van der Waals surface area contributed by atoms with Gasteiger partial charge in [0, 0.05) is 11.1 Å². The lowest BCUT2D eigenvalue weighted by molar-refractivity contribution is -0.133. The fourth-order valence-corrected chi connectivity index (χ4v) is 0.994.